The number of nitrogens with one attached hydrogen (secondary N) is 1. The second-order valence-corrected chi connectivity index (χ2v) is 10.6. The molecule has 1 saturated carbocycles. The molecule has 1 aromatic heterocycles. The van der Waals surface area contributed by atoms with Crippen molar-refractivity contribution in [2.75, 3.05) is 0 Å². The molecule has 158 valence electrons. The number of hydrogen-bond acceptors (Lipinski definition) is 4. The van der Waals surface area contributed by atoms with Crippen molar-refractivity contribution in [3.05, 3.63) is 29.8 Å². The molecule has 1 aliphatic rings. The monoisotopic (exact) mass is 414 g/mol. The molecule has 1 aromatic carbocycles. The predicted octanol–water partition coefficient (Wildman–Crippen LogP) is 4.96. The third-order valence-corrected chi connectivity index (χ3v) is 7.07. The highest BCUT2D eigenvalue weighted by Crippen LogP contribution is 2.29. The molecule has 6 heteroatoms. The van der Waals surface area contributed by atoms with E-state index in [-0.39, 0.29) is 16.6 Å². The molecule has 1 fully saturated rings. The first-order valence-electron chi connectivity index (χ1n) is 10.6. The Morgan fingerprint density at radius 1 is 1.17 bits per heavy atom. The smallest absolute Gasteiger partial charge is 0.233 e. The van der Waals surface area contributed by atoms with E-state index < -0.39 is 0 Å². The lowest BCUT2D eigenvalue weighted by molar-refractivity contribution is -0.121. The molecule has 2 aromatic rings. The van der Waals surface area contributed by atoms with E-state index >= 15 is 0 Å². The summed E-state index contributed by atoms with van der Waals surface area (Å²) in [5, 5.41) is 12.5. The van der Waals surface area contributed by atoms with Gasteiger partial charge in [-0.1, -0.05) is 76.6 Å². The van der Waals surface area contributed by atoms with Gasteiger partial charge >= 0.3 is 0 Å². The number of hydrogen-bond donors (Lipinski definition) is 1. The van der Waals surface area contributed by atoms with Crippen molar-refractivity contribution in [3.8, 4) is 11.4 Å². The highest BCUT2D eigenvalue weighted by molar-refractivity contribution is 8.00. The van der Waals surface area contributed by atoms with Crippen molar-refractivity contribution in [2.24, 2.45) is 13.0 Å². The molecule has 3 atom stereocenters. The zero-order chi connectivity index (χ0) is 21.2. The minimum absolute atomic E-state index is 0.0906. The van der Waals surface area contributed by atoms with Gasteiger partial charge in [-0.2, -0.15) is 0 Å². The summed E-state index contributed by atoms with van der Waals surface area (Å²) in [5.41, 5.74) is 2.45. The minimum Gasteiger partial charge on any atom is -0.352 e. The Kier molecular flexibility index (Phi) is 6.72. The zero-order valence-corrected chi connectivity index (χ0v) is 19.3. The third-order valence-electron chi connectivity index (χ3n) is 5.93. The summed E-state index contributed by atoms with van der Waals surface area (Å²) in [6.45, 7) is 10.8. The molecular formula is C23H34N4OS. The van der Waals surface area contributed by atoms with E-state index in [9.17, 15) is 4.79 Å². The maximum atomic E-state index is 12.7. The summed E-state index contributed by atoms with van der Waals surface area (Å²) in [6.07, 6.45) is 4.77. The molecule has 0 unspecified atom stereocenters. The van der Waals surface area contributed by atoms with Gasteiger partial charge in [-0.25, -0.2) is 0 Å². The number of benzene rings is 1. The largest absolute Gasteiger partial charge is 0.352 e. The van der Waals surface area contributed by atoms with Gasteiger partial charge in [0.25, 0.3) is 0 Å². The Morgan fingerprint density at radius 2 is 1.83 bits per heavy atom. The number of amides is 1. The van der Waals surface area contributed by atoms with Crippen molar-refractivity contribution in [1.29, 1.82) is 0 Å². The molecule has 29 heavy (non-hydrogen) atoms. The van der Waals surface area contributed by atoms with Crippen molar-refractivity contribution < 1.29 is 4.79 Å². The number of thioether (sulfide) groups is 1. The lowest BCUT2D eigenvalue weighted by atomic mass is 9.86. The second-order valence-electron chi connectivity index (χ2n) is 9.33. The predicted molar refractivity (Wildman–Crippen MR) is 120 cm³/mol. The summed E-state index contributed by atoms with van der Waals surface area (Å²) in [5.74, 6) is 1.47. The van der Waals surface area contributed by atoms with Gasteiger partial charge in [-0.3, -0.25) is 4.79 Å². The van der Waals surface area contributed by atoms with E-state index in [4.69, 9.17) is 0 Å². The zero-order valence-electron chi connectivity index (χ0n) is 18.5. The third kappa shape index (κ3) is 5.21. The lowest BCUT2D eigenvalue weighted by Gasteiger charge is -2.30. The SMILES string of the molecule is C[C@@H]1CCCC[C@@H]1NC(=O)[C@@H](C)Sc1nnc(-c2ccc(C(C)(C)C)cc2)n1C. The van der Waals surface area contributed by atoms with Gasteiger partial charge in [0.2, 0.25) is 5.91 Å². The average molecular weight is 415 g/mol. The number of nitrogens with zero attached hydrogens (tertiary/aromatic N) is 3. The Labute approximate surface area is 179 Å². The molecule has 1 aliphatic carbocycles. The van der Waals surface area contributed by atoms with Crippen LogP contribution in [0.5, 0.6) is 0 Å². The van der Waals surface area contributed by atoms with Crippen LogP contribution in [0.3, 0.4) is 0 Å². The van der Waals surface area contributed by atoms with Crippen LogP contribution in [0.15, 0.2) is 29.4 Å². The molecule has 0 bridgehead atoms. The first-order chi connectivity index (χ1) is 13.7. The fourth-order valence-electron chi connectivity index (χ4n) is 3.83. The van der Waals surface area contributed by atoms with Gasteiger partial charge in [0.15, 0.2) is 11.0 Å². The van der Waals surface area contributed by atoms with Crippen molar-refractivity contribution in [1.82, 2.24) is 20.1 Å². The Bertz CT molecular complexity index is 838. The Hall–Kier alpha value is -1.82. The first kappa shape index (κ1) is 21.9. The summed E-state index contributed by atoms with van der Waals surface area (Å²) in [6, 6.07) is 8.80. The molecule has 0 aliphatic heterocycles. The minimum atomic E-state index is -0.205. The van der Waals surface area contributed by atoms with Crippen LogP contribution in [0, 0.1) is 5.92 Å². The average Bonchev–Trinajstić information content (AvgIpc) is 3.03. The molecule has 0 radical (unpaired) electrons. The maximum absolute atomic E-state index is 12.7. The first-order valence-corrected chi connectivity index (χ1v) is 11.5. The van der Waals surface area contributed by atoms with E-state index in [2.05, 4.69) is 67.5 Å². The van der Waals surface area contributed by atoms with Crippen LogP contribution >= 0.6 is 11.8 Å². The van der Waals surface area contributed by atoms with Crippen LogP contribution in [0.1, 0.15) is 65.9 Å². The lowest BCUT2D eigenvalue weighted by Crippen LogP contribution is -2.44. The standard InChI is InChI=1S/C23H34N4OS/c1-15-9-7-8-10-19(15)24-21(28)16(2)29-22-26-25-20(27(22)6)17-11-13-18(14-12-17)23(3,4)5/h11-16,19H,7-10H2,1-6H3,(H,24,28)/t15-,16-,19+/m1/s1. The number of carbonyl (C=O) groups is 1. The Morgan fingerprint density at radius 3 is 2.45 bits per heavy atom. The normalized spacial score (nSPS) is 21.0. The number of carbonyl (C=O) groups excluding carboxylic acids is 1. The Balaban J connectivity index is 1.66. The number of rotatable bonds is 5. The summed E-state index contributed by atoms with van der Waals surface area (Å²) in [4.78, 5) is 12.7. The molecule has 1 amide bonds. The van der Waals surface area contributed by atoms with E-state index in [0.717, 1.165) is 23.0 Å². The number of aromatic nitrogens is 3. The van der Waals surface area contributed by atoms with E-state index in [1.807, 2.05) is 18.5 Å². The maximum Gasteiger partial charge on any atom is 0.233 e. The van der Waals surface area contributed by atoms with Crippen LogP contribution in [0.4, 0.5) is 0 Å². The van der Waals surface area contributed by atoms with Crippen LogP contribution in [0.2, 0.25) is 0 Å². The fraction of sp³-hybridized carbons (Fsp3) is 0.609. The van der Waals surface area contributed by atoms with Gasteiger partial charge < -0.3 is 9.88 Å². The van der Waals surface area contributed by atoms with Crippen LogP contribution in [-0.4, -0.2) is 32.0 Å². The summed E-state index contributed by atoms with van der Waals surface area (Å²) in [7, 11) is 1.96. The molecule has 5 nitrogen and oxygen atoms in total. The summed E-state index contributed by atoms with van der Waals surface area (Å²) < 4.78 is 1.98. The van der Waals surface area contributed by atoms with Crippen molar-refractivity contribution in [3.63, 3.8) is 0 Å². The van der Waals surface area contributed by atoms with Crippen LogP contribution in [0.25, 0.3) is 11.4 Å². The van der Waals surface area contributed by atoms with Crippen molar-refractivity contribution >= 4 is 17.7 Å². The highest BCUT2D eigenvalue weighted by atomic mass is 32.2. The molecular weight excluding hydrogens is 380 g/mol. The molecule has 0 saturated heterocycles. The van der Waals surface area contributed by atoms with Gasteiger partial charge in [-0.05, 0) is 36.7 Å². The van der Waals surface area contributed by atoms with Gasteiger partial charge in [-0.15, -0.1) is 10.2 Å². The van der Waals surface area contributed by atoms with Gasteiger partial charge in [0.05, 0.1) is 5.25 Å². The topological polar surface area (TPSA) is 59.8 Å². The second kappa shape index (κ2) is 8.90. The van der Waals surface area contributed by atoms with Gasteiger partial charge in [0.1, 0.15) is 0 Å². The highest BCUT2D eigenvalue weighted by Gasteiger charge is 2.26. The van der Waals surface area contributed by atoms with Crippen LogP contribution in [-0.2, 0) is 17.3 Å². The van der Waals surface area contributed by atoms with Crippen molar-refractivity contribution in [2.45, 2.75) is 82.2 Å². The van der Waals surface area contributed by atoms with Crippen LogP contribution < -0.4 is 5.32 Å². The molecule has 1 heterocycles. The van der Waals surface area contributed by atoms with E-state index in [1.165, 1.54) is 36.6 Å². The molecule has 3 rings (SSSR count). The van der Waals surface area contributed by atoms with E-state index in [1.54, 1.807) is 0 Å². The quantitative estimate of drug-likeness (QED) is 0.703. The fourth-order valence-corrected chi connectivity index (χ4v) is 4.65. The molecule has 0 spiro atoms. The van der Waals surface area contributed by atoms with E-state index in [0.29, 0.717) is 12.0 Å². The molecule has 1 N–H and O–H groups in total. The van der Waals surface area contributed by atoms with Gasteiger partial charge in [0, 0.05) is 18.7 Å². The summed E-state index contributed by atoms with van der Waals surface area (Å²) >= 11 is 1.47.